The number of aliphatic imine (C=N–C) groups is 1. The van der Waals surface area contributed by atoms with Crippen LogP contribution in [0.15, 0.2) is 41.5 Å². The van der Waals surface area contributed by atoms with Crippen molar-refractivity contribution in [1.82, 2.24) is 10.2 Å². The van der Waals surface area contributed by atoms with Crippen molar-refractivity contribution in [2.45, 2.75) is 32.1 Å². The smallest absolute Gasteiger partial charge is 0.134 e. The van der Waals surface area contributed by atoms with Gasteiger partial charge in [0.05, 0.1) is 17.5 Å². The first-order chi connectivity index (χ1) is 12.4. The van der Waals surface area contributed by atoms with Crippen molar-refractivity contribution in [2.24, 2.45) is 4.99 Å². The maximum Gasteiger partial charge on any atom is 0.134 e. The number of aromatic amines is 1. The molecule has 0 aliphatic heterocycles. The van der Waals surface area contributed by atoms with Crippen LogP contribution < -0.4 is 0 Å². The number of nitriles is 1. The summed E-state index contributed by atoms with van der Waals surface area (Å²) in [4.78, 5) is 6.00. The molecule has 1 aromatic carbocycles. The number of rotatable bonds is 3. The molecule has 5 heteroatoms. The van der Waals surface area contributed by atoms with E-state index >= 15 is 0 Å². The van der Waals surface area contributed by atoms with Crippen LogP contribution >= 0.6 is 11.3 Å². The Hall–Kier alpha value is -2.71. The Labute approximate surface area is 150 Å². The van der Waals surface area contributed by atoms with Gasteiger partial charge in [-0.2, -0.15) is 10.4 Å². The van der Waals surface area contributed by atoms with Crippen LogP contribution in [0.2, 0.25) is 0 Å². The zero-order chi connectivity index (χ0) is 17.1. The molecule has 0 spiro atoms. The third kappa shape index (κ3) is 3.13. The summed E-state index contributed by atoms with van der Waals surface area (Å²) >= 11 is 1.67. The number of thiophene rings is 1. The van der Waals surface area contributed by atoms with Crippen LogP contribution in [-0.4, -0.2) is 16.4 Å². The highest BCUT2D eigenvalue weighted by Crippen LogP contribution is 2.38. The third-order valence-corrected chi connectivity index (χ3v) is 5.77. The molecule has 3 aromatic rings. The van der Waals surface area contributed by atoms with Gasteiger partial charge < -0.3 is 0 Å². The molecule has 0 radical (unpaired) electrons. The molecular weight excluding hydrogens is 328 g/mol. The Balaban J connectivity index is 1.68. The lowest BCUT2D eigenvalue weighted by Gasteiger charge is -1.99. The highest BCUT2D eigenvalue weighted by Gasteiger charge is 2.19. The van der Waals surface area contributed by atoms with E-state index in [2.05, 4.69) is 21.3 Å². The maximum absolute atomic E-state index is 9.61. The Morgan fingerprint density at radius 1 is 1.16 bits per heavy atom. The molecule has 2 aromatic heterocycles. The molecule has 4 rings (SSSR count). The van der Waals surface area contributed by atoms with Crippen LogP contribution in [0.3, 0.4) is 0 Å². The highest BCUT2D eigenvalue weighted by molar-refractivity contribution is 7.16. The minimum absolute atomic E-state index is 0.767. The van der Waals surface area contributed by atoms with Crippen molar-refractivity contribution < 1.29 is 0 Å². The number of benzene rings is 1. The molecule has 0 atom stereocenters. The number of hydrogen-bond donors (Lipinski definition) is 1. The molecule has 0 unspecified atom stereocenters. The van der Waals surface area contributed by atoms with E-state index in [1.54, 1.807) is 17.5 Å². The largest absolute Gasteiger partial charge is 0.277 e. The summed E-state index contributed by atoms with van der Waals surface area (Å²) in [5, 5.41) is 17.6. The van der Waals surface area contributed by atoms with E-state index in [0.717, 1.165) is 40.2 Å². The molecule has 0 fully saturated rings. The first-order valence-corrected chi connectivity index (χ1v) is 9.36. The van der Waals surface area contributed by atoms with Crippen molar-refractivity contribution in [3.63, 3.8) is 0 Å². The Kier molecular flexibility index (Phi) is 4.45. The van der Waals surface area contributed by atoms with Crippen molar-refractivity contribution in [2.75, 3.05) is 0 Å². The van der Waals surface area contributed by atoms with Gasteiger partial charge in [0.25, 0.3) is 0 Å². The summed E-state index contributed by atoms with van der Waals surface area (Å²) in [6, 6.07) is 12.5. The quantitative estimate of drug-likeness (QED) is 0.534. The van der Waals surface area contributed by atoms with Crippen molar-refractivity contribution in [1.29, 1.82) is 5.26 Å². The van der Waals surface area contributed by atoms with Gasteiger partial charge in [-0.3, -0.25) is 5.10 Å². The zero-order valence-electron chi connectivity index (χ0n) is 13.8. The monoisotopic (exact) mass is 346 g/mol. The Morgan fingerprint density at radius 2 is 2.00 bits per heavy atom. The fourth-order valence-electron chi connectivity index (χ4n) is 3.29. The lowest BCUT2D eigenvalue weighted by Crippen LogP contribution is -1.87. The molecule has 1 aliphatic rings. The number of aromatic nitrogens is 2. The van der Waals surface area contributed by atoms with E-state index in [1.165, 1.54) is 29.7 Å². The van der Waals surface area contributed by atoms with Gasteiger partial charge in [-0.1, -0.05) is 36.8 Å². The van der Waals surface area contributed by atoms with Gasteiger partial charge in [-0.05, 0) is 31.2 Å². The average molecular weight is 346 g/mol. The first kappa shape index (κ1) is 15.8. The van der Waals surface area contributed by atoms with Crippen LogP contribution in [-0.2, 0) is 12.8 Å². The second-order valence-corrected chi connectivity index (χ2v) is 7.26. The molecular formula is C20H18N4S. The summed E-state index contributed by atoms with van der Waals surface area (Å²) in [5.41, 5.74) is 4.94. The van der Waals surface area contributed by atoms with E-state index in [9.17, 15) is 5.26 Å². The van der Waals surface area contributed by atoms with E-state index in [-0.39, 0.29) is 0 Å². The predicted octanol–water partition coefficient (Wildman–Crippen LogP) is 5.03. The Bertz CT molecular complexity index is 944. The zero-order valence-corrected chi connectivity index (χ0v) is 14.6. The van der Waals surface area contributed by atoms with Gasteiger partial charge in [-0.25, -0.2) is 4.99 Å². The number of hydrogen-bond acceptors (Lipinski definition) is 4. The minimum atomic E-state index is 0.767. The highest BCUT2D eigenvalue weighted by atomic mass is 32.1. The summed E-state index contributed by atoms with van der Waals surface area (Å²) < 4.78 is 0. The van der Waals surface area contributed by atoms with Gasteiger partial charge in [0.15, 0.2) is 0 Å². The van der Waals surface area contributed by atoms with Crippen LogP contribution in [0.4, 0.5) is 5.00 Å². The number of H-pyrrole nitrogens is 1. The van der Waals surface area contributed by atoms with Crippen LogP contribution in [0.25, 0.3) is 11.3 Å². The predicted molar refractivity (Wildman–Crippen MR) is 102 cm³/mol. The topological polar surface area (TPSA) is 64.8 Å². The molecule has 4 nitrogen and oxygen atoms in total. The number of nitrogens with zero attached hydrogens (tertiary/aromatic N) is 3. The second-order valence-electron chi connectivity index (χ2n) is 6.18. The van der Waals surface area contributed by atoms with Gasteiger partial charge in [0.1, 0.15) is 11.1 Å². The fourth-order valence-corrected chi connectivity index (χ4v) is 4.48. The van der Waals surface area contributed by atoms with E-state index in [1.807, 2.05) is 36.5 Å². The molecule has 0 bridgehead atoms. The van der Waals surface area contributed by atoms with E-state index in [4.69, 9.17) is 0 Å². The molecule has 124 valence electrons. The molecule has 0 saturated carbocycles. The molecule has 1 aliphatic carbocycles. The normalized spacial score (nSPS) is 14.2. The fraction of sp³-hybridized carbons (Fsp3) is 0.250. The summed E-state index contributed by atoms with van der Waals surface area (Å²) in [6.45, 7) is 0. The van der Waals surface area contributed by atoms with Gasteiger partial charge in [0, 0.05) is 22.2 Å². The van der Waals surface area contributed by atoms with Crippen LogP contribution in [0.1, 0.15) is 40.8 Å². The van der Waals surface area contributed by atoms with E-state index < -0.39 is 0 Å². The van der Waals surface area contributed by atoms with E-state index in [0.29, 0.717) is 0 Å². The molecule has 0 saturated heterocycles. The standard InChI is InChI=1S/C20H18N4S/c21-11-17-16-9-5-2-6-10-18(16)25-20(17)22-12-15-13-23-24-19(15)14-7-3-1-4-8-14/h1,3-4,7-8,12-13H,2,5-6,9-10H2,(H,23,24)/b22-12+. The van der Waals surface area contributed by atoms with Crippen molar-refractivity contribution >= 4 is 22.6 Å². The minimum Gasteiger partial charge on any atom is -0.277 e. The molecule has 1 N–H and O–H groups in total. The summed E-state index contributed by atoms with van der Waals surface area (Å²) in [6.07, 6.45) is 9.30. The molecule has 2 heterocycles. The van der Waals surface area contributed by atoms with Crippen molar-refractivity contribution in [3.05, 3.63) is 58.1 Å². The second kappa shape index (κ2) is 7.04. The molecule has 25 heavy (non-hydrogen) atoms. The van der Waals surface area contributed by atoms with Gasteiger partial charge >= 0.3 is 0 Å². The average Bonchev–Trinajstić information content (AvgIpc) is 3.18. The van der Waals surface area contributed by atoms with Crippen LogP contribution in [0, 0.1) is 11.3 Å². The van der Waals surface area contributed by atoms with Gasteiger partial charge in [-0.15, -0.1) is 11.3 Å². The summed E-state index contributed by atoms with van der Waals surface area (Å²) in [5.74, 6) is 0. The lowest BCUT2D eigenvalue weighted by atomic mass is 10.1. The number of aryl methyl sites for hydroxylation is 1. The number of fused-ring (bicyclic) bond motifs is 1. The first-order valence-electron chi connectivity index (χ1n) is 8.54. The summed E-state index contributed by atoms with van der Waals surface area (Å²) in [7, 11) is 0. The third-order valence-electron chi connectivity index (χ3n) is 4.57. The number of nitrogens with one attached hydrogen (secondary N) is 1. The molecule has 0 amide bonds. The maximum atomic E-state index is 9.61. The van der Waals surface area contributed by atoms with Gasteiger partial charge in [0.2, 0.25) is 0 Å². The van der Waals surface area contributed by atoms with Crippen molar-refractivity contribution in [3.8, 4) is 17.3 Å². The van der Waals surface area contributed by atoms with Crippen LogP contribution in [0.5, 0.6) is 0 Å². The lowest BCUT2D eigenvalue weighted by molar-refractivity contribution is 0.712. The SMILES string of the molecule is N#Cc1c(/N=C/c2cn[nH]c2-c2ccccc2)sc2c1CCCCC2. The Morgan fingerprint density at radius 3 is 2.84 bits per heavy atom.